The van der Waals surface area contributed by atoms with Gasteiger partial charge in [-0.1, -0.05) is 26.1 Å². The van der Waals surface area contributed by atoms with E-state index in [9.17, 15) is 4.79 Å². The Hall–Kier alpha value is -0.680. The van der Waals surface area contributed by atoms with Crippen LogP contribution in [0.25, 0.3) is 0 Å². The lowest BCUT2D eigenvalue weighted by atomic mass is 9.98. The standard InChI is InChI=1S/C11H20N2O2S/c1-3-9-8(4-5-15-9)11(14)13-6-7(2)10(12)16/h7-9H,3-6H2,1-2H3,(H2,12,16)(H,13,14). The molecule has 0 aromatic carbocycles. The Morgan fingerprint density at radius 3 is 2.94 bits per heavy atom. The van der Waals surface area contributed by atoms with E-state index in [4.69, 9.17) is 22.7 Å². The molecule has 1 aliphatic rings. The van der Waals surface area contributed by atoms with Gasteiger partial charge in [0.25, 0.3) is 0 Å². The van der Waals surface area contributed by atoms with E-state index in [1.807, 2.05) is 13.8 Å². The lowest BCUT2D eigenvalue weighted by Crippen LogP contribution is -2.39. The third kappa shape index (κ3) is 3.42. The largest absolute Gasteiger partial charge is 0.393 e. The number of carbonyl (C=O) groups excluding carboxylic acids is 1. The van der Waals surface area contributed by atoms with Crippen molar-refractivity contribution >= 4 is 23.1 Å². The summed E-state index contributed by atoms with van der Waals surface area (Å²) in [7, 11) is 0. The maximum Gasteiger partial charge on any atom is 0.225 e. The average Bonchev–Trinajstić information content (AvgIpc) is 2.73. The molecule has 1 rings (SSSR count). The van der Waals surface area contributed by atoms with Gasteiger partial charge in [-0.05, 0) is 12.8 Å². The summed E-state index contributed by atoms with van der Waals surface area (Å²) >= 11 is 4.85. The van der Waals surface area contributed by atoms with E-state index in [0.717, 1.165) is 12.8 Å². The van der Waals surface area contributed by atoms with Gasteiger partial charge >= 0.3 is 0 Å². The zero-order chi connectivity index (χ0) is 12.1. The molecule has 0 saturated carbocycles. The molecule has 1 fully saturated rings. The highest BCUT2D eigenvalue weighted by Crippen LogP contribution is 2.23. The first-order valence-corrected chi connectivity index (χ1v) is 6.15. The van der Waals surface area contributed by atoms with E-state index < -0.39 is 0 Å². The van der Waals surface area contributed by atoms with Gasteiger partial charge in [0, 0.05) is 19.1 Å². The molecular weight excluding hydrogens is 224 g/mol. The number of carbonyl (C=O) groups is 1. The van der Waals surface area contributed by atoms with Gasteiger partial charge in [0.1, 0.15) is 0 Å². The Kier molecular flexibility index (Phi) is 5.15. The first-order valence-electron chi connectivity index (χ1n) is 5.74. The SMILES string of the molecule is CCC1OCCC1C(=O)NCC(C)C(N)=S. The van der Waals surface area contributed by atoms with Gasteiger partial charge in [-0.3, -0.25) is 4.79 Å². The Balaban J connectivity index is 2.37. The number of hydrogen-bond acceptors (Lipinski definition) is 3. The number of nitrogens with one attached hydrogen (secondary N) is 1. The van der Waals surface area contributed by atoms with Crippen LogP contribution in [0.2, 0.25) is 0 Å². The van der Waals surface area contributed by atoms with Crippen molar-refractivity contribution in [2.75, 3.05) is 13.2 Å². The molecule has 4 nitrogen and oxygen atoms in total. The van der Waals surface area contributed by atoms with E-state index in [-0.39, 0.29) is 23.8 Å². The first kappa shape index (κ1) is 13.4. The second-order valence-corrected chi connectivity index (χ2v) is 4.73. The molecule has 0 aliphatic carbocycles. The molecule has 16 heavy (non-hydrogen) atoms. The third-order valence-corrected chi connectivity index (χ3v) is 3.42. The predicted molar refractivity (Wildman–Crippen MR) is 67.1 cm³/mol. The minimum absolute atomic E-state index is 0.0106. The molecule has 3 N–H and O–H groups in total. The quantitative estimate of drug-likeness (QED) is 0.703. The van der Waals surface area contributed by atoms with Crippen molar-refractivity contribution < 1.29 is 9.53 Å². The maximum absolute atomic E-state index is 11.9. The van der Waals surface area contributed by atoms with Gasteiger partial charge in [-0.25, -0.2) is 0 Å². The molecule has 3 atom stereocenters. The molecule has 0 spiro atoms. The summed E-state index contributed by atoms with van der Waals surface area (Å²) in [4.78, 5) is 12.3. The smallest absolute Gasteiger partial charge is 0.225 e. The second kappa shape index (κ2) is 6.15. The summed E-state index contributed by atoms with van der Waals surface area (Å²) in [5, 5.41) is 2.88. The Bertz CT molecular complexity index is 271. The number of rotatable bonds is 5. The molecule has 0 bridgehead atoms. The van der Waals surface area contributed by atoms with Crippen LogP contribution >= 0.6 is 12.2 Å². The molecule has 0 aromatic rings. The number of hydrogen-bond donors (Lipinski definition) is 2. The summed E-state index contributed by atoms with van der Waals surface area (Å²) in [5.74, 6) is 0.0948. The van der Waals surface area contributed by atoms with Crippen LogP contribution in [0.15, 0.2) is 0 Å². The lowest BCUT2D eigenvalue weighted by Gasteiger charge is -2.18. The summed E-state index contributed by atoms with van der Waals surface area (Å²) in [6.07, 6.45) is 1.76. The van der Waals surface area contributed by atoms with Crippen molar-refractivity contribution in [3.05, 3.63) is 0 Å². The van der Waals surface area contributed by atoms with E-state index in [1.54, 1.807) is 0 Å². The molecule has 92 valence electrons. The summed E-state index contributed by atoms with van der Waals surface area (Å²) in [6.45, 7) is 5.14. The molecule has 1 heterocycles. The van der Waals surface area contributed by atoms with Gasteiger partial charge in [-0.2, -0.15) is 0 Å². The van der Waals surface area contributed by atoms with Gasteiger partial charge < -0.3 is 15.8 Å². The molecule has 3 unspecified atom stereocenters. The molecule has 0 radical (unpaired) electrons. The molecule has 5 heteroatoms. The molecule has 0 aromatic heterocycles. The molecular formula is C11H20N2O2S. The fourth-order valence-corrected chi connectivity index (χ4v) is 1.92. The van der Waals surface area contributed by atoms with Crippen LogP contribution in [0.4, 0.5) is 0 Å². The fourth-order valence-electron chi connectivity index (χ4n) is 1.84. The van der Waals surface area contributed by atoms with Crippen molar-refractivity contribution in [3.63, 3.8) is 0 Å². The summed E-state index contributed by atoms with van der Waals surface area (Å²) < 4.78 is 5.48. The maximum atomic E-state index is 11.9. The van der Waals surface area contributed by atoms with Crippen LogP contribution < -0.4 is 11.1 Å². The van der Waals surface area contributed by atoms with Gasteiger partial charge in [-0.15, -0.1) is 0 Å². The minimum atomic E-state index is -0.0106. The number of nitrogens with two attached hydrogens (primary N) is 1. The van der Waals surface area contributed by atoms with E-state index in [1.165, 1.54) is 0 Å². The van der Waals surface area contributed by atoms with Crippen molar-refractivity contribution in [1.82, 2.24) is 5.32 Å². The zero-order valence-corrected chi connectivity index (χ0v) is 10.7. The first-order chi connectivity index (χ1) is 7.56. The highest BCUT2D eigenvalue weighted by atomic mass is 32.1. The second-order valence-electron chi connectivity index (χ2n) is 4.26. The van der Waals surface area contributed by atoms with Gasteiger partial charge in [0.15, 0.2) is 0 Å². The van der Waals surface area contributed by atoms with E-state index in [0.29, 0.717) is 18.1 Å². The monoisotopic (exact) mass is 244 g/mol. The van der Waals surface area contributed by atoms with Crippen LogP contribution in [0.5, 0.6) is 0 Å². The molecule has 1 amide bonds. The van der Waals surface area contributed by atoms with Crippen LogP contribution in [0, 0.1) is 11.8 Å². The summed E-state index contributed by atoms with van der Waals surface area (Å²) in [6, 6.07) is 0. The zero-order valence-electron chi connectivity index (χ0n) is 9.86. The normalized spacial score (nSPS) is 26.4. The number of thiocarbonyl (C=S) groups is 1. The lowest BCUT2D eigenvalue weighted by molar-refractivity contribution is -0.126. The van der Waals surface area contributed by atoms with Crippen molar-refractivity contribution in [3.8, 4) is 0 Å². The third-order valence-electron chi connectivity index (χ3n) is 3.02. The molecule has 1 saturated heterocycles. The Labute approximate surface area is 102 Å². The Morgan fingerprint density at radius 2 is 2.38 bits per heavy atom. The summed E-state index contributed by atoms with van der Waals surface area (Å²) in [5.41, 5.74) is 5.48. The Morgan fingerprint density at radius 1 is 1.69 bits per heavy atom. The van der Waals surface area contributed by atoms with E-state index >= 15 is 0 Å². The van der Waals surface area contributed by atoms with Crippen molar-refractivity contribution in [2.45, 2.75) is 32.8 Å². The number of ether oxygens (including phenoxy) is 1. The topological polar surface area (TPSA) is 64.3 Å². The van der Waals surface area contributed by atoms with E-state index in [2.05, 4.69) is 5.32 Å². The minimum Gasteiger partial charge on any atom is -0.393 e. The van der Waals surface area contributed by atoms with Crippen molar-refractivity contribution in [1.29, 1.82) is 0 Å². The van der Waals surface area contributed by atoms with Crippen LogP contribution in [0.3, 0.4) is 0 Å². The van der Waals surface area contributed by atoms with Gasteiger partial charge in [0.2, 0.25) is 5.91 Å². The predicted octanol–water partition coefficient (Wildman–Crippen LogP) is 0.840. The highest BCUT2D eigenvalue weighted by Gasteiger charge is 2.32. The van der Waals surface area contributed by atoms with Crippen LogP contribution in [-0.4, -0.2) is 30.2 Å². The van der Waals surface area contributed by atoms with Crippen LogP contribution in [-0.2, 0) is 9.53 Å². The molecule has 1 aliphatic heterocycles. The van der Waals surface area contributed by atoms with Gasteiger partial charge in [0.05, 0.1) is 17.0 Å². The highest BCUT2D eigenvalue weighted by molar-refractivity contribution is 7.80. The van der Waals surface area contributed by atoms with Crippen molar-refractivity contribution in [2.24, 2.45) is 17.6 Å². The van der Waals surface area contributed by atoms with Crippen LogP contribution in [0.1, 0.15) is 26.7 Å². The fraction of sp³-hybridized carbons (Fsp3) is 0.818. The average molecular weight is 244 g/mol. The number of amides is 1.